The van der Waals surface area contributed by atoms with E-state index in [2.05, 4.69) is 56.2 Å². The number of carbonyl (C=O) groups excluding carboxylic acids is 1. The van der Waals surface area contributed by atoms with Crippen LogP contribution in [0, 0.1) is 6.92 Å². The van der Waals surface area contributed by atoms with Gasteiger partial charge in [0.25, 0.3) is 0 Å². The molecule has 1 atom stereocenters. The largest absolute Gasteiger partial charge is 0.381 e. The Morgan fingerprint density at radius 1 is 1.24 bits per heavy atom. The number of benzene rings is 1. The van der Waals surface area contributed by atoms with E-state index < -0.39 is 5.41 Å². The summed E-state index contributed by atoms with van der Waals surface area (Å²) in [6.45, 7) is 6.68. The van der Waals surface area contributed by atoms with Gasteiger partial charge in [-0.15, -0.1) is 10.2 Å². The molecule has 1 unspecified atom stereocenters. The first-order chi connectivity index (χ1) is 14.2. The fraction of sp³-hybridized carbons (Fsp3) is 0.591. The van der Waals surface area contributed by atoms with E-state index in [4.69, 9.17) is 4.74 Å². The maximum Gasteiger partial charge on any atom is 0.234 e. The molecule has 1 amide bonds. The van der Waals surface area contributed by atoms with Gasteiger partial charge in [0.2, 0.25) is 5.91 Å². The second-order valence-corrected chi connectivity index (χ2v) is 8.52. The Hall–Kier alpha value is -2.25. The summed E-state index contributed by atoms with van der Waals surface area (Å²) in [6.07, 6.45) is 3.44. The molecule has 5 rings (SSSR count). The third kappa shape index (κ3) is 3.16. The Morgan fingerprint density at radius 3 is 2.93 bits per heavy atom. The number of rotatable bonds is 3. The number of carbonyl (C=O) groups is 1. The molecule has 7 nitrogen and oxygen atoms in total. The van der Waals surface area contributed by atoms with E-state index in [9.17, 15) is 4.79 Å². The zero-order valence-corrected chi connectivity index (χ0v) is 17.1. The lowest BCUT2D eigenvalue weighted by molar-refractivity contribution is -0.142. The average molecular weight is 396 g/mol. The van der Waals surface area contributed by atoms with Crippen molar-refractivity contribution in [1.82, 2.24) is 25.0 Å². The maximum atomic E-state index is 14.1. The minimum atomic E-state index is -0.501. The predicted octanol–water partition coefficient (Wildman–Crippen LogP) is 2.10. The van der Waals surface area contributed by atoms with Gasteiger partial charge in [-0.2, -0.15) is 0 Å². The minimum Gasteiger partial charge on any atom is -0.381 e. The Kier molecular flexibility index (Phi) is 4.87. The van der Waals surface area contributed by atoms with E-state index in [0.717, 1.165) is 69.1 Å². The lowest BCUT2D eigenvalue weighted by atomic mass is 9.72. The quantitative estimate of drug-likeness (QED) is 0.862. The Morgan fingerprint density at radius 2 is 2.10 bits per heavy atom. The SMILES string of the molecule is Cc1cccc(C2(C(=O)N3CCCC3c3nnc4n3CCNC4)CCOCC2)c1. The number of fused-ring (bicyclic) bond motifs is 1. The number of amides is 1. The molecule has 29 heavy (non-hydrogen) atoms. The highest BCUT2D eigenvalue weighted by molar-refractivity contribution is 5.89. The molecule has 0 saturated carbocycles. The first-order valence-electron chi connectivity index (χ1n) is 10.8. The molecule has 2 fully saturated rings. The number of nitrogens with one attached hydrogen (secondary N) is 1. The lowest BCUT2D eigenvalue weighted by Crippen LogP contribution is -2.50. The summed E-state index contributed by atoms with van der Waals surface area (Å²) in [7, 11) is 0. The Bertz CT molecular complexity index is 902. The summed E-state index contributed by atoms with van der Waals surface area (Å²) in [5.41, 5.74) is 1.82. The predicted molar refractivity (Wildman–Crippen MR) is 108 cm³/mol. The van der Waals surface area contributed by atoms with Crippen LogP contribution >= 0.6 is 0 Å². The van der Waals surface area contributed by atoms with Gasteiger partial charge in [-0.3, -0.25) is 4.79 Å². The molecule has 0 radical (unpaired) electrons. The van der Waals surface area contributed by atoms with E-state index in [1.807, 2.05) is 0 Å². The van der Waals surface area contributed by atoms with Crippen molar-refractivity contribution in [2.45, 2.75) is 57.2 Å². The van der Waals surface area contributed by atoms with Gasteiger partial charge in [-0.1, -0.05) is 29.8 Å². The molecule has 7 heteroatoms. The minimum absolute atomic E-state index is 0.0198. The smallest absolute Gasteiger partial charge is 0.234 e. The molecule has 0 bridgehead atoms. The van der Waals surface area contributed by atoms with Crippen molar-refractivity contribution >= 4 is 5.91 Å². The number of aryl methyl sites for hydroxylation is 1. The van der Waals surface area contributed by atoms with Gasteiger partial charge in [-0.25, -0.2) is 0 Å². The molecule has 3 aliphatic heterocycles. The molecular weight excluding hydrogens is 366 g/mol. The van der Waals surface area contributed by atoms with Crippen LogP contribution in [0.1, 0.15) is 54.5 Å². The van der Waals surface area contributed by atoms with Gasteiger partial charge in [0.15, 0.2) is 5.82 Å². The van der Waals surface area contributed by atoms with Gasteiger partial charge < -0.3 is 19.5 Å². The second-order valence-electron chi connectivity index (χ2n) is 8.52. The molecule has 154 valence electrons. The van der Waals surface area contributed by atoms with Crippen molar-refractivity contribution in [1.29, 1.82) is 0 Å². The van der Waals surface area contributed by atoms with E-state index in [1.54, 1.807) is 0 Å². The maximum absolute atomic E-state index is 14.1. The van der Waals surface area contributed by atoms with E-state index >= 15 is 0 Å². The molecule has 0 aliphatic carbocycles. The van der Waals surface area contributed by atoms with Gasteiger partial charge >= 0.3 is 0 Å². The van der Waals surface area contributed by atoms with Crippen molar-refractivity contribution in [2.24, 2.45) is 0 Å². The zero-order chi connectivity index (χ0) is 19.8. The third-order valence-corrected chi connectivity index (χ3v) is 6.79. The van der Waals surface area contributed by atoms with Crippen LogP contribution in [0.15, 0.2) is 24.3 Å². The van der Waals surface area contributed by atoms with E-state index in [1.165, 1.54) is 5.56 Å². The van der Waals surface area contributed by atoms with E-state index in [-0.39, 0.29) is 11.9 Å². The van der Waals surface area contributed by atoms with Crippen LogP contribution in [0.3, 0.4) is 0 Å². The Balaban J connectivity index is 1.51. The first kappa shape index (κ1) is 18.8. The monoisotopic (exact) mass is 395 g/mol. The van der Waals surface area contributed by atoms with Gasteiger partial charge in [0, 0.05) is 32.8 Å². The molecule has 2 saturated heterocycles. The molecular formula is C22H29N5O2. The summed E-state index contributed by atoms with van der Waals surface area (Å²) in [5.74, 6) is 2.17. The van der Waals surface area contributed by atoms with Crippen LogP contribution in [0.4, 0.5) is 0 Å². The van der Waals surface area contributed by atoms with Crippen molar-refractivity contribution in [2.75, 3.05) is 26.3 Å². The van der Waals surface area contributed by atoms with Crippen molar-refractivity contribution in [3.8, 4) is 0 Å². The molecule has 1 N–H and O–H groups in total. The summed E-state index contributed by atoms with van der Waals surface area (Å²) in [6, 6.07) is 8.48. The van der Waals surface area contributed by atoms with E-state index in [0.29, 0.717) is 13.2 Å². The number of hydrogen-bond acceptors (Lipinski definition) is 5. The molecule has 3 aliphatic rings. The molecule has 1 aromatic carbocycles. The van der Waals surface area contributed by atoms with Crippen LogP contribution in [0.5, 0.6) is 0 Å². The molecule has 4 heterocycles. The van der Waals surface area contributed by atoms with Crippen molar-refractivity contribution < 1.29 is 9.53 Å². The highest BCUT2D eigenvalue weighted by atomic mass is 16.5. The number of ether oxygens (including phenoxy) is 1. The highest BCUT2D eigenvalue weighted by Gasteiger charge is 2.47. The molecule has 1 aromatic heterocycles. The lowest BCUT2D eigenvalue weighted by Gasteiger charge is -2.40. The number of nitrogens with zero attached hydrogens (tertiary/aromatic N) is 4. The van der Waals surface area contributed by atoms with Crippen LogP contribution in [0.25, 0.3) is 0 Å². The Labute approximate surface area is 171 Å². The number of likely N-dealkylation sites (tertiary alicyclic amines) is 1. The number of aromatic nitrogens is 3. The second kappa shape index (κ2) is 7.54. The highest BCUT2D eigenvalue weighted by Crippen LogP contribution is 2.42. The van der Waals surface area contributed by atoms with Crippen LogP contribution in [-0.4, -0.2) is 51.9 Å². The van der Waals surface area contributed by atoms with Crippen molar-refractivity contribution in [3.05, 3.63) is 47.0 Å². The number of hydrogen-bond donors (Lipinski definition) is 1. The van der Waals surface area contributed by atoms with Crippen LogP contribution in [-0.2, 0) is 28.0 Å². The summed E-state index contributed by atoms with van der Waals surface area (Å²) in [5, 5.41) is 12.3. The normalized spacial score (nSPS) is 23.8. The topological polar surface area (TPSA) is 72.3 Å². The average Bonchev–Trinajstić information content (AvgIpc) is 3.40. The zero-order valence-electron chi connectivity index (χ0n) is 17.1. The molecule has 2 aromatic rings. The summed E-state index contributed by atoms with van der Waals surface area (Å²) >= 11 is 0. The first-order valence-corrected chi connectivity index (χ1v) is 10.8. The third-order valence-electron chi connectivity index (χ3n) is 6.79. The van der Waals surface area contributed by atoms with Gasteiger partial charge in [-0.05, 0) is 38.2 Å². The van der Waals surface area contributed by atoms with Crippen molar-refractivity contribution in [3.63, 3.8) is 0 Å². The summed E-state index contributed by atoms with van der Waals surface area (Å²) in [4.78, 5) is 16.2. The van der Waals surface area contributed by atoms with Gasteiger partial charge in [0.1, 0.15) is 5.82 Å². The fourth-order valence-corrected chi connectivity index (χ4v) is 5.20. The van der Waals surface area contributed by atoms with Gasteiger partial charge in [0.05, 0.1) is 18.0 Å². The van der Waals surface area contributed by atoms with Crippen LogP contribution in [0.2, 0.25) is 0 Å². The van der Waals surface area contributed by atoms with Crippen LogP contribution < -0.4 is 5.32 Å². The summed E-state index contributed by atoms with van der Waals surface area (Å²) < 4.78 is 7.88. The standard InChI is InChI=1S/C22H29N5O2/c1-16-4-2-5-17(14-16)22(7-12-29-13-8-22)21(28)26-10-3-6-18(26)20-25-24-19-15-23-9-11-27(19)20/h2,4-5,14,18,23H,3,6-13,15H2,1H3. The fourth-order valence-electron chi connectivity index (χ4n) is 5.20. The molecule has 0 spiro atoms.